The maximum atomic E-state index is 14.8. The van der Waals surface area contributed by atoms with E-state index in [1.54, 1.807) is 6.07 Å². The number of hydrogen-bond donors (Lipinski definition) is 1. The number of halogens is 6. The van der Waals surface area contributed by atoms with Crippen molar-refractivity contribution < 1.29 is 26.6 Å². The van der Waals surface area contributed by atoms with Gasteiger partial charge >= 0.3 is 6.18 Å². The van der Waals surface area contributed by atoms with Gasteiger partial charge in [-0.3, -0.25) is 14.4 Å². The van der Waals surface area contributed by atoms with Crippen molar-refractivity contribution >= 4 is 44.7 Å². The van der Waals surface area contributed by atoms with Crippen molar-refractivity contribution in [3.05, 3.63) is 68.4 Å². The van der Waals surface area contributed by atoms with Crippen molar-refractivity contribution in [3.63, 3.8) is 0 Å². The highest BCUT2D eigenvalue weighted by Gasteiger charge is 2.45. The second-order valence-corrected chi connectivity index (χ2v) is 13.8. The summed E-state index contributed by atoms with van der Waals surface area (Å²) in [5.74, 6) is 2.53. The normalized spacial score (nSPS) is 19.5. The first kappa shape index (κ1) is 30.2. The predicted molar refractivity (Wildman–Crippen MR) is 150 cm³/mol. The fraction of sp³-hybridized carbons (Fsp3) is 0.500. The molecule has 1 heterocycles. The maximum absolute atomic E-state index is 14.8. The Morgan fingerprint density at radius 3 is 2.26 bits per heavy atom. The number of rotatable bonds is 9. The summed E-state index contributed by atoms with van der Waals surface area (Å²) in [5, 5.41) is 0.342. The lowest BCUT2D eigenvalue weighted by Gasteiger charge is -2.38. The van der Waals surface area contributed by atoms with Crippen LogP contribution in [0.1, 0.15) is 77.5 Å². The second-order valence-electron chi connectivity index (χ2n) is 10.8. The number of likely N-dealkylation sites (tertiary alicyclic amines) is 1. The number of aryl methyl sites for hydroxylation is 1. The van der Waals surface area contributed by atoms with Gasteiger partial charge in [0.25, 0.3) is 5.91 Å². The summed E-state index contributed by atoms with van der Waals surface area (Å²) in [6.07, 6.45) is 2.22. The van der Waals surface area contributed by atoms with Gasteiger partial charge in [-0.25, -0.2) is 8.60 Å². The highest BCUT2D eigenvalue weighted by Crippen LogP contribution is 2.44. The minimum atomic E-state index is -4.46. The topological polar surface area (TPSA) is 49.4 Å². The van der Waals surface area contributed by atoms with Gasteiger partial charge in [-0.2, -0.15) is 13.2 Å². The van der Waals surface area contributed by atoms with E-state index in [1.807, 2.05) is 0 Å². The van der Waals surface area contributed by atoms with Gasteiger partial charge in [0.05, 0.1) is 5.56 Å². The minimum absolute atomic E-state index is 0.0432. The Kier molecular flexibility index (Phi) is 9.25. The van der Waals surface area contributed by atoms with Gasteiger partial charge in [0, 0.05) is 26.0 Å². The number of nitrogens with zero attached hydrogens (tertiary/aromatic N) is 1. The van der Waals surface area contributed by atoms with E-state index in [1.165, 1.54) is 35.4 Å². The predicted octanol–water partition coefficient (Wildman–Crippen LogP) is 7.34. The van der Waals surface area contributed by atoms with E-state index in [2.05, 4.69) is 10.6 Å². The number of piperidine rings is 1. The standard InChI is InChI=1S/C28H32Cl2F4N2O2S/c1-39(2,38)35-27(37)24-16-23(18-6-7-18)19(14-25(24)31)5-3-4-17-8-10-36(11-9-17)26(28(32,33)34)20-12-21(29)15-22(30)13-20/h12-18,26H,1,3-11H2,2H3,(H,35,37,38). The number of alkyl halides is 3. The molecule has 1 aliphatic heterocycles. The molecular weight excluding hydrogens is 575 g/mol. The van der Waals surface area contributed by atoms with Gasteiger partial charge in [0.1, 0.15) is 11.9 Å². The fourth-order valence-electron chi connectivity index (χ4n) is 5.47. The summed E-state index contributed by atoms with van der Waals surface area (Å²) < 4.78 is 71.1. The zero-order valence-electron chi connectivity index (χ0n) is 21.6. The number of nitrogens with one attached hydrogen (secondary N) is 1. The van der Waals surface area contributed by atoms with Crippen LogP contribution in [0.15, 0.2) is 30.3 Å². The molecule has 1 N–H and O–H groups in total. The second kappa shape index (κ2) is 12.0. The highest BCUT2D eigenvalue weighted by molar-refractivity contribution is 7.98. The zero-order chi connectivity index (χ0) is 28.5. The summed E-state index contributed by atoms with van der Waals surface area (Å²) in [4.78, 5) is 13.9. The van der Waals surface area contributed by atoms with Crippen LogP contribution in [0.2, 0.25) is 10.0 Å². The number of carbonyl (C=O) groups is 1. The van der Waals surface area contributed by atoms with Crippen LogP contribution in [0.3, 0.4) is 0 Å². The Bertz CT molecular complexity index is 1300. The highest BCUT2D eigenvalue weighted by atomic mass is 35.5. The Hall–Kier alpha value is -1.81. The molecule has 2 aromatic carbocycles. The first-order chi connectivity index (χ1) is 18.2. The first-order valence-electron chi connectivity index (χ1n) is 12.9. The van der Waals surface area contributed by atoms with E-state index >= 15 is 0 Å². The largest absolute Gasteiger partial charge is 0.408 e. The lowest BCUT2D eigenvalue weighted by atomic mass is 9.88. The van der Waals surface area contributed by atoms with E-state index in [4.69, 9.17) is 23.2 Å². The molecular formula is C28H32Cl2F4N2O2S. The Morgan fingerprint density at radius 1 is 1.10 bits per heavy atom. The van der Waals surface area contributed by atoms with Gasteiger partial charge in [0.2, 0.25) is 0 Å². The molecule has 4 nitrogen and oxygen atoms in total. The molecule has 0 aromatic heterocycles. The molecule has 0 radical (unpaired) electrons. The minimum Gasteiger partial charge on any atom is -0.289 e. The number of carbonyl (C=O) groups excluding carboxylic acids is 1. The monoisotopic (exact) mass is 606 g/mol. The molecule has 2 fully saturated rings. The summed E-state index contributed by atoms with van der Waals surface area (Å²) in [5.41, 5.74) is 1.70. The van der Waals surface area contributed by atoms with Crippen LogP contribution in [-0.4, -0.2) is 46.4 Å². The van der Waals surface area contributed by atoms with Crippen molar-refractivity contribution in [2.24, 2.45) is 5.92 Å². The molecule has 11 heteroatoms. The van der Waals surface area contributed by atoms with Gasteiger partial charge in [0.15, 0.2) is 0 Å². The molecule has 2 atom stereocenters. The van der Waals surface area contributed by atoms with E-state index in [0.717, 1.165) is 36.8 Å². The van der Waals surface area contributed by atoms with Crippen molar-refractivity contribution in [2.75, 3.05) is 19.3 Å². The van der Waals surface area contributed by atoms with E-state index in [9.17, 15) is 26.6 Å². The molecule has 2 unspecified atom stereocenters. The third-order valence-electron chi connectivity index (χ3n) is 7.38. The number of hydrogen-bond acceptors (Lipinski definition) is 3. The third kappa shape index (κ3) is 8.12. The molecule has 1 amide bonds. The maximum Gasteiger partial charge on any atom is 0.408 e. The Balaban J connectivity index is 1.37. The van der Waals surface area contributed by atoms with Crippen LogP contribution in [-0.2, 0) is 16.1 Å². The molecule has 2 aromatic rings. The molecule has 4 rings (SSSR count). The van der Waals surface area contributed by atoms with E-state index in [-0.39, 0.29) is 33.0 Å². The van der Waals surface area contributed by atoms with Crippen LogP contribution in [0, 0.1) is 11.7 Å². The van der Waals surface area contributed by atoms with Gasteiger partial charge in [-0.15, -0.1) is 0 Å². The smallest absolute Gasteiger partial charge is 0.289 e. The third-order valence-corrected chi connectivity index (χ3v) is 8.44. The molecule has 214 valence electrons. The summed E-state index contributed by atoms with van der Waals surface area (Å²) in [6.45, 7) is 0.606. The lowest BCUT2D eigenvalue weighted by Crippen LogP contribution is -2.43. The molecule has 1 saturated heterocycles. The number of benzene rings is 2. The number of amides is 1. The molecule has 0 spiro atoms. The quantitative estimate of drug-likeness (QED) is 0.240. The molecule has 1 aliphatic carbocycles. The van der Waals surface area contributed by atoms with Crippen molar-refractivity contribution in [1.82, 2.24) is 9.62 Å². The summed E-state index contributed by atoms with van der Waals surface area (Å²) >= 11 is 12.0. The summed E-state index contributed by atoms with van der Waals surface area (Å²) in [7, 11) is -2.82. The summed E-state index contributed by atoms with van der Waals surface area (Å²) in [6, 6.07) is 5.27. The first-order valence-corrected chi connectivity index (χ1v) is 15.8. The van der Waals surface area contributed by atoms with Crippen LogP contribution in [0.25, 0.3) is 0 Å². The zero-order valence-corrected chi connectivity index (χ0v) is 24.0. The molecule has 39 heavy (non-hydrogen) atoms. The van der Waals surface area contributed by atoms with Crippen LogP contribution < -0.4 is 4.72 Å². The van der Waals surface area contributed by atoms with Gasteiger partial charge in [-0.1, -0.05) is 29.6 Å². The Morgan fingerprint density at radius 2 is 1.72 bits per heavy atom. The van der Waals surface area contributed by atoms with Gasteiger partial charge < -0.3 is 0 Å². The molecule has 2 aliphatic rings. The Labute approximate surface area is 237 Å². The van der Waals surface area contributed by atoms with Gasteiger partial charge in [-0.05, 0) is 116 Å². The van der Waals surface area contributed by atoms with Crippen LogP contribution >= 0.6 is 23.2 Å². The van der Waals surface area contributed by atoms with Crippen molar-refractivity contribution in [1.29, 1.82) is 0 Å². The average molecular weight is 608 g/mol. The SMILES string of the molecule is C=S(C)(=O)NC(=O)c1cc(C2CC2)c(CCCC2CCN(C(c3cc(Cl)cc(Cl)c3)C(F)(F)F)CC2)cc1F. The van der Waals surface area contributed by atoms with Crippen molar-refractivity contribution in [2.45, 2.75) is 63.1 Å². The van der Waals surface area contributed by atoms with E-state index < -0.39 is 33.7 Å². The molecule has 0 bridgehead atoms. The molecule has 1 saturated carbocycles. The van der Waals surface area contributed by atoms with Crippen molar-refractivity contribution in [3.8, 4) is 0 Å². The van der Waals surface area contributed by atoms with Crippen LogP contribution in [0.5, 0.6) is 0 Å². The van der Waals surface area contributed by atoms with Crippen LogP contribution in [0.4, 0.5) is 17.6 Å². The lowest BCUT2D eigenvalue weighted by molar-refractivity contribution is -0.190. The van der Waals surface area contributed by atoms with E-state index in [0.29, 0.717) is 32.4 Å². The average Bonchev–Trinajstić information content (AvgIpc) is 3.63. The fourth-order valence-corrected chi connectivity index (χ4v) is 6.51.